The highest BCUT2D eigenvalue weighted by Crippen LogP contribution is 2.21. The molecule has 1 aromatic carbocycles. The number of amides is 1. The molecule has 1 N–H and O–H groups in total. The van der Waals surface area contributed by atoms with Crippen LogP contribution in [0.4, 0.5) is 5.82 Å². The molecule has 0 fully saturated rings. The van der Waals surface area contributed by atoms with E-state index in [4.69, 9.17) is 4.52 Å². The number of carbonyl (C=O) groups is 1. The van der Waals surface area contributed by atoms with Crippen molar-refractivity contribution < 1.29 is 17.7 Å². The molecule has 0 saturated heterocycles. The van der Waals surface area contributed by atoms with Gasteiger partial charge in [-0.1, -0.05) is 31.1 Å². The number of hydrogen-bond acceptors (Lipinski definition) is 5. The molecular formula is C16H20N2O4S. The van der Waals surface area contributed by atoms with Gasteiger partial charge in [0.25, 0.3) is 0 Å². The predicted octanol–water partition coefficient (Wildman–Crippen LogP) is 2.91. The Morgan fingerprint density at radius 1 is 1.17 bits per heavy atom. The molecule has 2 rings (SSSR count). The van der Waals surface area contributed by atoms with Gasteiger partial charge in [-0.2, -0.15) is 0 Å². The maximum absolute atomic E-state index is 12.5. The van der Waals surface area contributed by atoms with E-state index in [2.05, 4.69) is 10.5 Å². The highest BCUT2D eigenvalue weighted by atomic mass is 32.2. The molecule has 0 radical (unpaired) electrons. The largest absolute Gasteiger partial charge is 0.360 e. The van der Waals surface area contributed by atoms with Crippen LogP contribution in [0.3, 0.4) is 0 Å². The van der Waals surface area contributed by atoms with Crippen LogP contribution in [-0.4, -0.2) is 24.7 Å². The zero-order chi connectivity index (χ0) is 17.2. The fourth-order valence-corrected chi connectivity index (χ4v) is 3.31. The lowest BCUT2D eigenvalue weighted by atomic mass is 10.0. The molecule has 0 spiro atoms. The third kappa shape index (κ3) is 3.79. The Bertz CT molecular complexity index is 792. The van der Waals surface area contributed by atoms with Crippen LogP contribution in [0.15, 0.2) is 39.8 Å². The monoisotopic (exact) mass is 336 g/mol. The van der Waals surface area contributed by atoms with Crippen molar-refractivity contribution in [1.29, 1.82) is 0 Å². The maximum Gasteiger partial charge on any atom is 0.244 e. The fourth-order valence-electron chi connectivity index (χ4n) is 2.04. The maximum atomic E-state index is 12.5. The Morgan fingerprint density at radius 3 is 2.26 bits per heavy atom. The average molecular weight is 336 g/mol. The second-order valence-electron chi connectivity index (χ2n) is 5.72. The second kappa shape index (κ2) is 6.54. The van der Waals surface area contributed by atoms with E-state index in [1.165, 1.54) is 25.1 Å². The quantitative estimate of drug-likeness (QED) is 0.907. The molecule has 1 heterocycles. The van der Waals surface area contributed by atoms with Gasteiger partial charge in [0.2, 0.25) is 5.91 Å². The van der Waals surface area contributed by atoms with Crippen LogP contribution in [0, 0.1) is 6.92 Å². The molecule has 0 aliphatic heterocycles. The molecule has 23 heavy (non-hydrogen) atoms. The summed E-state index contributed by atoms with van der Waals surface area (Å²) in [4.78, 5) is 12.3. The van der Waals surface area contributed by atoms with Crippen molar-refractivity contribution in [3.8, 4) is 0 Å². The van der Waals surface area contributed by atoms with Crippen LogP contribution in [0.25, 0.3) is 0 Å². The summed E-state index contributed by atoms with van der Waals surface area (Å²) >= 11 is 0. The van der Waals surface area contributed by atoms with Crippen LogP contribution in [-0.2, 0) is 14.6 Å². The molecule has 1 aromatic heterocycles. The summed E-state index contributed by atoms with van der Waals surface area (Å²) < 4.78 is 29.9. The number of carbonyl (C=O) groups excluding carboxylic acids is 1. The summed E-state index contributed by atoms with van der Waals surface area (Å²) in [6, 6.07) is 8.13. The summed E-state index contributed by atoms with van der Waals surface area (Å²) in [6.07, 6.45) is 0. The van der Waals surface area contributed by atoms with Gasteiger partial charge in [-0.05, 0) is 37.5 Å². The molecule has 0 unspecified atom stereocenters. The molecule has 7 heteroatoms. The molecule has 0 bridgehead atoms. The Labute approximate surface area is 135 Å². The molecule has 1 amide bonds. The van der Waals surface area contributed by atoms with E-state index in [9.17, 15) is 13.2 Å². The summed E-state index contributed by atoms with van der Waals surface area (Å²) in [5.41, 5.74) is 1.04. The Morgan fingerprint density at radius 2 is 1.78 bits per heavy atom. The van der Waals surface area contributed by atoms with E-state index in [-0.39, 0.29) is 10.7 Å². The van der Waals surface area contributed by atoms with Crippen molar-refractivity contribution in [3.63, 3.8) is 0 Å². The minimum atomic E-state index is -3.76. The molecule has 124 valence electrons. The fraction of sp³-hybridized carbons (Fsp3) is 0.375. The normalized spacial score (nSPS) is 13.1. The Kier molecular flexibility index (Phi) is 4.89. The number of benzene rings is 1. The van der Waals surface area contributed by atoms with Gasteiger partial charge in [0.15, 0.2) is 15.7 Å². The number of aryl methyl sites for hydroxylation is 1. The molecular weight excluding hydrogens is 316 g/mol. The highest BCUT2D eigenvalue weighted by Gasteiger charge is 2.30. The van der Waals surface area contributed by atoms with E-state index in [0.29, 0.717) is 11.7 Å². The second-order valence-corrected chi connectivity index (χ2v) is 7.99. The number of nitrogens with zero attached hydrogens (tertiary/aromatic N) is 1. The number of sulfone groups is 1. The molecule has 2 aromatic rings. The first-order chi connectivity index (χ1) is 10.7. The van der Waals surface area contributed by atoms with Gasteiger partial charge >= 0.3 is 0 Å². The number of hydrogen-bond donors (Lipinski definition) is 1. The minimum Gasteiger partial charge on any atom is -0.360 e. The smallest absolute Gasteiger partial charge is 0.244 e. The van der Waals surface area contributed by atoms with E-state index in [0.717, 1.165) is 5.56 Å². The zero-order valence-corrected chi connectivity index (χ0v) is 14.3. The van der Waals surface area contributed by atoms with Crippen molar-refractivity contribution in [2.45, 2.75) is 43.8 Å². The van der Waals surface area contributed by atoms with Crippen LogP contribution in [0.2, 0.25) is 0 Å². The molecule has 0 aliphatic carbocycles. The van der Waals surface area contributed by atoms with E-state index in [1.807, 2.05) is 13.8 Å². The van der Waals surface area contributed by atoms with Gasteiger partial charge in [0, 0.05) is 6.07 Å². The SMILES string of the molecule is Cc1cc(NC(=O)[C@@H](C)S(=O)(=O)c2ccc(C(C)C)cc2)no1. The van der Waals surface area contributed by atoms with Crippen molar-refractivity contribution in [3.05, 3.63) is 41.7 Å². The summed E-state index contributed by atoms with van der Waals surface area (Å²) in [7, 11) is -3.76. The van der Waals surface area contributed by atoms with Crippen LogP contribution >= 0.6 is 0 Å². The summed E-state index contributed by atoms with van der Waals surface area (Å²) in [6.45, 7) is 7.09. The standard InChI is InChI=1S/C16H20N2O4S/c1-10(2)13-5-7-14(8-6-13)23(20,21)12(4)16(19)17-15-9-11(3)22-18-15/h5-10,12H,1-4H3,(H,17,18,19)/t12-/m1/s1. The van der Waals surface area contributed by atoms with Gasteiger partial charge in [0.1, 0.15) is 11.0 Å². The predicted molar refractivity (Wildman–Crippen MR) is 87.0 cm³/mol. The average Bonchev–Trinajstić information content (AvgIpc) is 2.91. The number of nitrogens with one attached hydrogen (secondary N) is 1. The lowest BCUT2D eigenvalue weighted by molar-refractivity contribution is -0.115. The Balaban J connectivity index is 2.18. The topological polar surface area (TPSA) is 89.3 Å². The zero-order valence-electron chi connectivity index (χ0n) is 13.5. The summed E-state index contributed by atoms with van der Waals surface area (Å²) in [5.74, 6) is 0.388. The van der Waals surface area contributed by atoms with Crippen LogP contribution < -0.4 is 5.32 Å². The number of aromatic nitrogens is 1. The highest BCUT2D eigenvalue weighted by molar-refractivity contribution is 7.92. The first-order valence-corrected chi connectivity index (χ1v) is 8.84. The first-order valence-electron chi connectivity index (χ1n) is 7.30. The van der Waals surface area contributed by atoms with Gasteiger partial charge in [-0.15, -0.1) is 0 Å². The summed E-state index contributed by atoms with van der Waals surface area (Å²) in [5, 5.41) is 4.84. The molecule has 0 saturated carbocycles. The van der Waals surface area contributed by atoms with E-state index in [1.54, 1.807) is 19.1 Å². The van der Waals surface area contributed by atoms with Crippen molar-refractivity contribution in [2.75, 3.05) is 5.32 Å². The van der Waals surface area contributed by atoms with Gasteiger partial charge < -0.3 is 9.84 Å². The third-order valence-corrected chi connectivity index (χ3v) is 5.66. The third-order valence-electron chi connectivity index (χ3n) is 3.59. The van der Waals surface area contributed by atoms with Crippen molar-refractivity contribution in [2.24, 2.45) is 0 Å². The molecule has 6 nitrogen and oxygen atoms in total. The van der Waals surface area contributed by atoms with Crippen LogP contribution in [0.1, 0.15) is 38.0 Å². The van der Waals surface area contributed by atoms with Gasteiger partial charge in [-0.3, -0.25) is 4.79 Å². The Hall–Kier alpha value is -2.15. The van der Waals surface area contributed by atoms with Crippen LogP contribution in [0.5, 0.6) is 0 Å². The minimum absolute atomic E-state index is 0.126. The first kappa shape index (κ1) is 17.2. The molecule has 0 aliphatic rings. The van der Waals surface area contributed by atoms with Crippen molar-refractivity contribution >= 4 is 21.6 Å². The van der Waals surface area contributed by atoms with Gasteiger partial charge in [-0.25, -0.2) is 8.42 Å². The van der Waals surface area contributed by atoms with E-state index < -0.39 is 21.0 Å². The van der Waals surface area contributed by atoms with Gasteiger partial charge in [0.05, 0.1) is 4.90 Å². The molecule has 1 atom stereocenters. The van der Waals surface area contributed by atoms with E-state index >= 15 is 0 Å². The lowest BCUT2D eigenvalue weighted by Gasteiger charge is -2.13. The number of rotatable bonds is 5. The van der Waals surface area contributed by atoms with Crippen molar-refractivity contribution in [1.82, 2.24) is 5.16 Å². The number of anilines is 1. The lowest BCUT2D eigenvalue weighted by Crippen LogP contribution is -2.32.